The Hall–Kier alpha value is -1.46. The number of hydrogen-bond donors (Lipinski definition) is 0. The van der Waals surface area contributed by atoms with Gasteiger partial charge >= 0.3 is 6.09 Å². The highest BCUT2D eigenvalue weighted by molar-refractivity contribution is 5.70. The molecule has 1 aromatic heterocycles. The van der Waals surface area contributed by atoms with Crippen molar-refractivity contribution in [3.8, 4) is 0 Å². The Morgan fingerprint density at radius 1 is 1.53 bits per heavy atom. The van der Waals surface area contributed by atoms with Crippen LogP contribution in [-0.2, 0) is 11.8 Å². The number of rotatable bonds is 2. The van der Waals surface area contributed by atoms with Crippen LogP contribution in [0.15, 0.2) is 18.7 Å². The van der Waals surface area contributed by atoms with E-state index in [0.29, 0.717) is 0 Å². The molecular weight excluding hydrogens is 206 g/mol. The number of ether oxygens (including phenoxy) is 1. The van der Waals surface area contributed by atoms with E-state index in [9.17, 15) is 13.6 Å². The molecule has 1 rings (SSSR count). The number of halogens is 2. The van der Waals surface area contributed by atoms with E-state index in [0.717, 1.165) is 4.57 Å². The van der Waals surface area contributed by atoms with Gasteiger partial charge in [-0.25, -0.2) is 13.3 Å². The van der Waals surface area contributed by atoms with Crippen LogP contribution in [0.5, 0.6) is 0 Å². The van der Waals surface area contributed by atoms with Crippen LogP contribution in [0.25, 0.3) is 0 Å². The molecule has 0 fully saturated rings. The van der Waals surface area contributed by atoms with E-state index in [1.807, 2.05) is 0 Å². The van der Waals surface area contributed by atoms with Crippen molar-refractivity contribution in [1.29, 1.82) is 0 Å². The average molecular weight is 219 g/mol. The normalized spacial score (nSPS) is 11.9. The largest absolute Gasteiger partial charge is 0.512 e. The number of imidazole rings is 1. The highest BCUT2D eigenvalue weighted by atomic mass is 19.3. The van der Waals surface area contributed by atoms with E-state index in [1.54, 1.807) is 17.8 Å². The van der Waals surface area contributed by atoms with Gasteiger partial charge in [-0.15, -0.1) is 4.57 Å². The molecule has 4 nitrogen and oxygen atoms in total. The Morgan fingerprint density at radius 3 is 2.53 bits per heavy atom. The molecule has 1 aromatic rings. The first-order valence-corrected chi connectivity index (χ1v) is 4.37. The first-order chi connectivity index (χ1) is 6.83. The van der Waals surface area contributed by atoms with Crippen LogP contribution in [0, 0.1) is 0 Å². The molecule has 0 aliphatic carbocycles. The summed E-state index contributed by atoms with van der Waals surface area (Å²) in [5.41, 5.74) is -1.78. The van der Waals surface area contributed by atoms with Crippen LogP contribution in [0.4, 0.5) is 13.6 Å². The summed E-state index contributed by atoms with van der Waals surface area (Å²) < 4.78 is 32.2. The number of carbonyl (C=O) groups excluding carboxylic acids is 1. The zero-order valence-electron chi connectivity index (χ0n) is 8.78. The van der Waals surface area contributed by atoms with Gasteiger partial charge in [0, 0.05) is 0 Å². The topological polar surface area (TPSA) is 35.1 Å². The molecule has 0 aliphatic heterocycles. The predicted octanol–water partition coefficient (Wildman–Crippen LogP) is 1.34. The van der Waals surface area contributed by atoms with E-state index in [-0.39, 0.29) is 0 Å². The van der Waals surface area contributed by atoms with Crippen LogP contribution in [0.3, 0.4) is 0 Å². The summed E-state index contributed by atoms with van der Waals surface area (Å²) in [6.45, 7) is 2.33. The van der Waals surface area contributed by atoms with E-state index in [4.69, 9.17) is 0 Å². The summed E-state index contributed by atoms with van der Waals surface area (Å²) in [4.78, 5) is 11.4. The Bertz CT molecular complexity index is 361. The SMILES string of the molecule is C[n+]1ccn(C(=O)OC(C)(C)C(F)F)c1. The van der Waals surface area contributed by atoms with Crippen LogP contribution in [-0.4, -0.2) is 22.7 Å². The first kappa shape index (κ1) is 11.6. The maximum Gasteiger partial charge on any atom is 0.512 e. The zero-order chi connectivity index (χ0) is 11.6. The molecule has 0 atom stereocenters. The van der Waals surface area contributed by atoms with Gasteiger partial charge in [-0.3, -0.25) is 0 Å². The molecule has 0 aromatic carbocycles. The Balaban J connectivity index is 2.72. The summed E-state index contributed by atoms with van der Waals surface area (Å²) >= 11 is 0. The van der Waals surface area contributed by atoms with Crippen molar-refractivity contribution in [2.24, 2.45) is 7.05 Å². The molecule has 0 radical (unpaired) electrons. The maximum atomic E-state index is 12.4. The second-order valence-corrected chi connectivity index (χ2v) is 3.76. The zero-order valence-corrected chi connectivity index (χ0v) is 8.78. The third-order valence-electron chi connectivity index (χ3n) is 1.86. The van der Waals surface area contributed by atoms with Crippen molar-refractivity contribution >= 4 is 6.09 Å². The predicted molar refractivity (Wildman–Crippen MR) is 47.6 cm³/mol. The lowest BCUT2D eigenvalue weighted by Gasteiger charge is -2.21. The Morgan fingerprint density at radius 2 is 2.13 bits per heavy atom. The fourth-order valence-corrected chi connectivity index (χ4v) is 0.880. The highest BCUT2D eigenvalue weighted by Crippen LogP contribution is 2.19. The molecule has 84 valence electrons. The molecule has 15 heavy (non-hydrogen) atoms. The smallest absolute Gasteiger partial charge is 0.419 e. The van der Waals surface area contributed by atoms with Crippen molar-refractivity contribution in [1.82, 2.24) is 4.57 Å². The van der Waals surface area contributed by atoms with Gasteiger partial charge in [0.15, 0.2) is 5.60 Å². The van der Waals surface area contributed by atoms with Crippen LogP contribution >= 0.6 is 0 Å². The Kier molecular flexibility index (Phi) is 3.06. The van der Waals surface area contributed by atoms with Crippen LogP contribution < -0.4 is 4.57 Å². The minimum absolute atomic E-state index is 0.819. The van der Waals surface area contributed by atoms with Gasteiger partial charge < -0.3 is 4.74 Å². The number of aromatic nitrogens is 2. The molecule has 0 aliphatic rings. The summed E-state index contributed by atoms with van der Waals surface area (Å²) in [6.07, 6.45) is 0.941. The summed E-state index contributed by atoms with van der Waals surface area (Å²) in [5, 5.41) is 0. The summed E-state index contributed by atoms with van der Waals surface area (Å²) in [7, 11) is 1.71. The van der Waals surface area contributed by atoms with Crippen molar-refractivity contribution in [2.45, 2.75) is 25.9 Å². The van der Waals surface area contributed by atoms with Crippen molar-refractivity contribution < 1.29 is 22.9 Å². The third-order valence-corrected chi connectivity index (χ3v) is 1.86. The summed E-state index contributed by atoms with van der Waals surface area (Å²) in [5.74, 6) is 0. The third kappa shape index (κ3) is 2.74. The van der Waals surface area contributed by atoms with Crippen LogP contribution in [0.2, 0.25) is 0 Å². The standard InChI is InChI=1S/C9H13F2N2O2/c1-9(2,7(10)11)15-8(14)13-5-4-12(3)6-13/h4-7H,1-3H3/q+1. The highest BCUT2D eigenvalue weighted by Gasteiger charge is 2.35. The van der Waals surface area contributed by atoms with Gasteiger partial charge in [-0.2, -0.15) is 4.79 Å². The monoisotopic (exact) mass is 219 g/mol. The molecule has 0 saturated heterocycles. The second-order valence-electron chi connectivity index (χ2n) is 3.76. The van der Waals surface area contributed by atoms with Crippen molar-refractivity contribution in [2.75, 3.05) is 0 Å². The lowest BCUT2D eigenvalue weighted by molar-refractivity contribution is -0.670. The molecular formula is C9H13F2N2O2+. The second kappa shape index (κ2) is 3.96. The van der Waals surface area contributed by atoms with E-state index in [2.05, 4.69) is 4.74 Å². The lowest BCUT2D eigenvalue weighted by atomic mass is 10.1. The molecule has 0 N–H and O–H groups in total. The van der Waals surface area contributed by atoms with Crippen LogP contribution in [0.1, 0.15) is 13.8 Å². The quantitative estimate of drug-likeness (QED) is 0.703. The average Bonchev–Trinajstić information content (AvgIpc) is 2.50. The van der Waals surface area contributed by atoms with E-state index in [1.165, 1.54) is 26.4 Å². The molecule has 1 heterocycles. The minimum atomic E-state index is -2.72. The number of carbonyl (C=O) groups is 1. The van der Waals surface area contributed by atoms with Crippen molar-refractivity contribution in [3.63, 3.8) is 0 Å². The Labute approximate surface area is 86.1 Å². The number of hydrogen-bond acceptors (Lipinski definition) is 2. The summed E-state index contributed by atoms with van der Waals surface area (Å²) in [6, 6.07) is 0. The van der Waals surface area contributed by atoms with Gasteiger partial charge in [0.05, 0.1) is 7.05 Å². The molecule has 0 spiro atoms. The van der Waals surface area contributed by atoms with E-state index >= 15 is 0 Å². The van der Waals surface area contributed by atoms with Gasteiger partial charge in [-0.1, -0.05) is 0 Å². The van der Waals surface area contributed by atoms with E-state index < -0.39 is 18.1 Å². The molecule has 0 bridgehead atoms. The molecule has 6 heteroatoms. The fourth-order valence-electron chi connectivity index (χ4n) is 0.880. The minimum Gasteiger partial charge on any atom is -0.419 e. The number of alkyl halides is 2. The van der Waals surface area contributed by atoms with Gasteiger partial charge in [0.1, 0.15) is 12.4 Å². The number of aryl methyl sites for hydroxylation is 1. The fraction of sp³-hybridized carbons (Fsp3) is 0.556. The number of nitrogens with zero attached hydrogens (tertiary/aromatic N) is 2. The molecule has 0 unspecified atom stereocenters. The molecule has 0 amide bonds. The van der Waals surface area contributed by atoms with Gasteiger partial charge in [0.25, 0.3) is 12.8 Å². The van der Waals surface area contributed by atoms with Crippen molar-refractivity contribution in [3.05, 3.63) is 18.7 Å². The maximum absolute atomic E-state index is 12.4. The first-order valence-electron chi connectivity index (χ1n) is 4.37. The molecule has 0 saturated carbocycles. The van der Waals surface area contributed by atoms with Gasteiger partial charge in [0.2, 0.25) is 0 Å². The lowest BCUT2D eigenvalue weighted by Crippen LogP contribution is -2.37. The van der Waals surface area contributed by atoms with Gasteiger partial charge in [-0.05, 0) is 13.8 Å².